The lowest BCUT2D eigenvalue weighted by molar-refractivity contribution is 0.0737. The smallest absolute Gasteiger partial charge is 0.272 e. The zero-order valence-corrected chi connectivity index (χ0v) is 14.2. The molecular formula is C19H23N3O2. The topological polar surface area (TPSA) is 58.2 Å². The maximum atomic E-state index is 12.8. The first-order valence-corrected chi connectivity index (χ1v) is 8.40. The fraction of sp³-hybridized carbons (Fsp3) is 0.368. The fourth-order valence-corrected chi connectivity index (χ4v) is 2.97. The van der Waals surface area contributed by atoms with Gasteiger partial charge in [0, 0.05) is 12.1 Å². The Bertz CT molecular complexity index is 718. The van der Waals surface area contributed by atoms with E-state index in [1.165, 1.54) is 0 Å². The van der Waals surface area contributed by atoms with Gasteiger partial charge in [-0.25, -0.2) is 0 Å². The highest BCUT2D eigenvalue weighted by Crippen LogP contribution is 2.23. The van der Waals surface area contributed by atoms with Crippen molar-refractivity contribution in [3.05, 3.63) is 48.2 Å². The molecule has 5 nitrogen and oxygen atoms in total. The molecule has 0 aliphatic carbocycles. The summed E-state index contributed by atoms with van der Waals surface area (Å²) >= 11 is 0. The number of ether oxygens (including phenoxy) is 1. The Morgan fingerprint density at radius 2 is 2.17 bits per heavy atom. The number of amides is 1. The highest BCUT2D eigenvalue weighted by atomic mass is 16.5. The number of aromatic nitrogens is 2. The first-order valence-electron chi connectivity index (χ1n) is 8.40. The molecule has 0 saturated heterocycles. The maximum Gasteiger partial charge on any atom is 0.272 e. The van der Waals surface area contributed by atoms with Crippen LogP contribution in [0.4, 0.5) is 0 Å². The van der Waals surface area contributed by atoms with Crippen molar-refractivity contribution in [1.82, 2.24) is 15.1 Å². The number of H-pyrrole nitrogens is 1. The molecule has 1 aromatic carbocycles. The molecule has 1 N–H and O–H groups in total. The average Bonchev–Trinajstić information content (AvgIpc) is 3.29. The van der Waals surface area contributed by atoms with Crippen LogP contribution in [0.25, 0.3) is 11.3 Å². The van der Waals surface area contributed by atoms with E-state index in [9.17, 15) is 4.79 Å². The molecule has 0 bridgehead atoms. The number of hydrogen-bond donors (Lipinski definition) is 1. The Morgan fingerprint density at radius 1 is 1.38 bits per heavy atom. The molecule has 1 atom stereocenters. The van der Waals surface area contributed by atoms with E-state index in [-0.39, 0.29) is 11.9 Å². The second-order valence-corrected chi connectivity index (χ2v) is 5.99. The van der Waals surface area contributed by atoms with E-state index in [0.717, 1.165) is 36.3 Å². The number of hydrogen-bond acceptors (Lipinski definition) is 3. The van der Waals surface area contributed by atoms with Crippen molar-refractivity contribution < 1.29 is 9.53 Å². The number of carbonyl (C=O) groups excluding carboxylic acids is 1. The number of carbonyl (C=O) groups is 1. The van der Waals surface area contributed by atoms with E-state index >= 15 is 0 Å². The van der Waals surface area contributed by atoms with E-state index in [0.29, 0.717) is 12.2 Å². The molecule has 0 spiro atoms. The minimum Gasteiger partial charge on any atom is -0.497 e. The van der Waals surface area contributed by atoms with Crippen LogP contribution in [-0.4, -0.2) is 40.7 Å². The summed E-state index contributed by atoms with van der Waals surface area (Å²) in [5.74, 6) is 0.806. The van der Waals surface area contributed by atoms with Crippen molar-refractivity contribution in [2.75, 3.05) is 13.7 Å². The molecular weight excluding hydrogens is 302 g/mol. The summed E-state index contributed by atoms with van der Waals surface area (Å²) in [4.78, 5) is 14.7. The second kappa shape index (κ2) is 7.34. The predicted octanol–water partition coefficient (Wildman–Crippen LogP) is 3.66. The quantitative estimate of drug-likeness (QED) is 0.825. The van der Waals surface area contributed by atoms with Crippen molar-refractivity contribution in [3.63, 3.8) is 0 Å². The number of nitrogens with one attached hydrogen (secondary N) is 1. The first kappa shape index (κ1) is 16.3. The van der Waals surface area contributed by atoms with Gasteiger partial charge in [0.25, 0.3) is 5.91 Å². The number of nitrogens with zero attached hydrogens (tertiary/aromatic N) is 2. The van der Waals surface area contributed by atoms with Crippen molar-refractivity contribution in [3.8, 4) is 17.0 Å². The summed E-state index contributed by atoms with van der Waals surface area (Å²) in [7, 11) is 1.64. The van der Waals surface area contributed by atoms with Gasteiger partial charge >= 0.3 is 0 Å². The van der Waals surface area contributed by atoms with Crippen LogP contribution in [-0.2, 0) is 0 Å². The fourth-order valence-electron chi connectivity index (χ4n) is 2.97. The molecule has 1 aliphatic heterocycles. The SMILES string of the molecule is CCCC[C@H]1C=CCN1C(=O)c1cc(-c2ccc(OC)cc2)n[nH]1. The summed E-state index contributed by atoms with van der Waals surface area (Å²) in [5, 5.41) is 7.17. The number of benzene rings is 1. The number of methoxy groups -OCH3 is 1. The number of unbranched alkanes of at least 4 members (excludes halogenated alkanes) is 1. The summed E-state index contributed by atoms with van der Waals surface area (Å²) in [6, 6.07) is 9.66. The van der Waals surface area contributed by atoms with Crippen molar-refractivity contribution in [2.45, 2.75) is 32.2 Å². The van der Waals surface area contributed by atoms with E-state index in [4.69, 9.17) is 4.74 Å². The second-order valence-electron chi connectivity index (χ2n) is 5.99. The third-order valence-corrected chi connectivity index (χ3v) is 4.37. The van der Waals surface area contributed by atoms with Crippen molar-refractivity contribution in [2.24, 2.45) is 0 Å². The van der Waals surface area contributed by atoms with Crippen LogP contribution in [0.5, 0.6) is 5.75 Å². The molecule has 2 aromatic rings. The maximum absolute atomic E-state index is 12.8. The highest BCUT2D eigenvalue weighted by Gasteiger charge is 2.26. The van der Waals surface area contributed by atoms with Crippen LogP contribution in [0.2, 0.25) is 0 Å². The first-order chi connectivity index (χ1) is 11.7. The molecule has 2 heterocycles. The van der Waals surface area contributed by atoms with Crippen molar-refractivity contribution >= 4 is 5.91 Å². The third kappa shape index (κ3) is 3.35. The van der Waals surface area contributed by atoms with Gasteiger partial charge in [0.15, 0.2) is 0 Å². The average molecular weight is 325 g/mol. The van der Waals surface area contributed by atoms with Crippen LogP contribution in [0.3, 0.4) is 0 Å². The van der Waals surface area contributed by atoms with Gasteiger partial charge in [-0.1, -0.05) is 31.9 Å². The van der Waals surface area contributed by atoms with Crippen LogP contribution < -0.4 is 4.74 Å². The number of aromatic amines is 1. The third-order valence-electron chi connectivity index (χ3n) is 4.37. The van der Waals surface area contributed by atoms with E-state index in [2.05, 4.69) is 29.3 Å². The molecule has 1 aromatic heterocycles. The predicted molar refractivity (Wildman–Crippen MR) is 94.1 cm³/mol. The molecule has 24 heavy (non-hydrogen) atoms. The summed E-state index contributed by atoms with van der Waals surface area (Å²) in [6.45, 7) is 2.84. The van der Waals surface area contributed by atoms with Crippen LogP contribution >= 0.6 is 0 Å². The molecule has 3 rings (SSSR count). The van der Waals surface area contributed by atoms with E-state index < -0.39 is 0 Å². The van der Waals surface area contributed by atoms with Gasteiger partial charge in [-0.3, -0.25) is 9.89 Å². The Labute approximate surface area is 142 Å². The molecule has 0 unspecified atom stereocenters. The lowest BCUT2D eigenvalue weighted by atomic mass is 10.1. The van der Waals surface area contributed by atoms with Crippen LogP contribution in [0.15, 0.2) is 42.5 Å². The molecule has 1 aliphatic rings. The van der Waals surface area contributed by atoms with Gasteiger partial charge in [0.2, 0.25) is 0 Å². The minimum atomic E-state index is 0.00775. The van der Waals surface area contributed by atoms with Crippen LogP contribution in [0.1, 0.15) is 36.7 Å². The van der Waals surface area contributed by atoms with Crippen LogP contribution in [0, 0.1) is 0 Å². The largest absolute Gasteiger partial charge is 0.497 e. The number of rotatable bonds is 6. The van der Waals surface area contributed by atoms with Crippen molar-refractivity contribution in [1.29, 1.82) is 0 Å². The summed E-state index contributed by atoms with van der Waals surface area (Å²) < 4.78 is 5.16. The molecule has 1 amide bonds. The zero-order chi connectivity index (χ0) is 16.9. The lowest BCUT2D eigenvalue weighted by Gasteiger charge is -2.23. The molecule has 0 radical (unpaired) electrons. The lowest BCUT2D eigenvalue weighted by Crippen LogP contribution is -2.36. The highest BCUT2D eigenvalue weighted by molar-refractivity contribution is 5.94. The monoisotopic (exact) mass is 325 g/mol. The van der Waals surface area contributed by atoms with E-state index in [1.807, 2.05) is 35.2 Å². The van der Waals surface area contributed by atoms with Gasteiger partial charge in [-0.05, 0) is 36.8 Å². The minimum absolute atomic E-state index is 0.00775. The Kier molecular flexibility index (Phi) is 4.99. The van der Waals surface area contributed by atoms with E-state index in [1.54, 1.807) is 7.11 Å². The Morgan fingerprint density at radius 3 is 2.88 bits per heavy atom. The van der Waals surface area contributed by atoms with Gasteiger partial charge in [-0.15, -0.1) is 0 Å². The van der Waals surface area contributed by atoms with Gasteiger partial charge in [0.1, 0.15) is 11.4 Å². The molecule has 0 saturated carbocycles. The molecule has 0 fully saturated rings. The standard InChI is InChI=1S/C19H23N3O2/c1-3-4-6-15-7-5-12-22(15)19(23)18-13-17(20-21-18)14-8-10-16(24-2)11-9-14/h5,7-11,13,15H,3-4,6,12H2,1-2H3,(H,20,21)/t15-/m0/s1. The molecule has 126 valence electrons. The molecule has 5 heteroatoms. The zero-order valence-electron chi connectivity index (χ0n) is 14.2. The van der Waals surface area contributed by atoms with Gasteiger partial charge in [0.05, 0.1) is 18.8 Å². The van der Waals surface area contributed by atoms with Gasteiger partial charge < -0.3 is 9.64 Å². The Hall–Kier alpha value is -2.56. The summed E-state index contributed by atoms with van der Waals surface area (Å²) in [6.07, 6.45) is 7.47. The normalized spacial score (nSPS) is 16.6. The Balaban J connectivity index is 1.73. The van der Waals surface area contributed by atoms with Gasteiger partial charge in [-0.2, -0.15) is 5.10 Å². The summed E-state index contributed by atoms with van der Waals surface area (Å²) in [5.41, 5.74) is 2.25.